The van der Waals surface area contributed by atoms with Gasteiger partial charge in [-0.15, -0.1) is 0 Å². The summed E-state index contributed by atoms with van der Waals surface area (Å²) in [6.45, 7) is 2.15. The average molecular weight is 232 g/mol. The number of thioether (sulfide) groups is 1. The smallest absolute Gasteiger partial charge is 0.0547 e. The largest absolute Gasteiger partial charge is 0.398 e. The third kappa shape index (κ3) is 3.08. The number of aliphatic hydroxyl groups is 1. The molecule has 0 saturated heterocycles. The van der Waals surface area contributed by atoms with E-state index in [1.165, 1.54) is 0 Å². The standard InChI is InChI=1S/C10H14ClNOS/c1-7(5-13)14-6-8-9(11)3-2-4-10(8)12/h2-4,7,13H,5-6,12H2,1H3. The lowest BCUT2D eigenvalue weighted by Gasteiger charge is -2.10. The Balaban J connectivity index is 2.66. The molecule has 14 heavy (non-hydrogen) atoms. The van der Waals surface area contributed by atoms with Crippen LogP contribution < -0.4 is 5.73 Å². The van der Waals surface area contributed by atoms with Crippen LogP contribution >= 0.6 is 23.4 Å². The normalized spacial score (nSPS) is 12.8. The fourth-order valence-corrected chi connectivity index (χ4v) is 2.21. The minimum absolute atomic E-state index is 0.176. The van der Waals surface area contributed by atoms with E-state index in [2.05, 4.69) is 0 Å². The summed E-state index contributed by atoms with van der Waals surface area (Å²) in [5.41, 5.74) is 7.46. The average Bonchev–Trinajstić information content (AvgIpc) is 2.16. The van der Waals surface area contributed by atoms with Gasteiger partial charge in [0.05, 0.1) is 6.61 Å². The van der Waals surface area contributed by atoms with Crippen LogP contribution in [-0.4, -0.2) is 17.0 Å². The monoisotopic (exact) mass is 231 g/mol. The first-order valence-corrected chi connectivity index (χ1v) is 5.83. The molecule has 0 amide bonds. The van der Waals surface area contributed by atoms with Gasteiger partial charge < -0.3 is 10.8 Å². The molecular formula is C10H14ClNOS. The van der Waals surface area contributed by atoms with Gasteiger partial charge in [0.1, 0.15) is 0 Å². The molecule has 1 aromatic carbocycles. The van der Waals surface area contributed by atoms with Crippen LogP contribution in [0.3, 0.4) is 0 Å². The van der Waals surface area contributed by atoms with Gasteiger partial charge in [-0.1, -0.05) is 24.6 Å². The minimum Gasteiger partial charge on any atom is -0.398 e. The first-order valence-electron chi connectivity index (χ1n) is 4.40. The third-order valence-electron chi connectivity index (χ3n) is 1.92. The number of nitrogens with two attached hydrogens (primary N) is 1. The van der Waals surface area contributed by atoms with E-state index in [4.69, 9.17) is 22.4 Å². The van der Waals surface area contributed by atoms with Crippen molar-refractivity contribution < 1.29 is 5.11 Å². The van der Waals surface area contributed by atoms with E-state index in [9.17, 15) is 0 Å². The number of benzene rings is 1. The van der Waals surface area contributed by atoms with Gasteiger partial charge in [-0.2, -0.15) is 11.8 Å². The molecule has 0 heterocycles. The van der Waals surface area contributed by atoms with Crippen LogP contribution in [0.5, 0.6) is 0 Å². The van der Waals surface area contributed by atoms with Crippen molar-refractivity contribution >= 4 is 29.1 Å². The fourth-order valence-electron chi connectivity index (χ4n) is 1.01. The maximum atomic E-state index is 8.87. The fraction of sp³-hybridized carbons (Fsp3) is 0.400. The van der Waals surface area contributed by atoms with E-state index in [1.807, 2.05) is 25.1 Å². The number of nitrogen functional groups attached to an aromatic ring is 1. The van der Waals surface area contributed by atoms with Crippen LogP contribution in [0, 0.1) is 0 Å². The molecule has 0 bridgehead atoms. The van der Waals surface area contributed by atoms with Gasteiger partial charge in [-0.3, -0.25) is 0 Å². The molecule has 1 unspecified atom stereocenters. The number of aliphatic hydroxyl groups excluding tert-OH is 1. The predicted molar refractivity (Wildman–Crippen MR) is 63.7 cm³/mol. The zero-order valence-corrected chi connectivity index (χ0v) is 9.61. The number of halogens is 1. The van der Waals surface area contributed by atoms with Gasteiger partial charge in [0.2, 0.25) is 0 Å². The van der Waals surface area contributed by atoms with Crippen LogP contribution in [-0.2, 0) is 5.75 Å². The van der Waals surface area contributed by atoms with Gasteiger partial charge in [0.15, 0.2) is 0 Å². The highest BCUT2D eigenvalue weighted by Crippen LogP contribution is 2.27. The molecule has 2 nitrogen and oxygen atoms in total. The molecule has 0 aliphatic rings. The molecule has 0 aliphatic carbocycles. The van der Waals surface area contributed by atoms with Crippen LogP contribution in [0.15, 0.2) is 18.2 Å². The van der Waals surface area contributed by atoms with Crippen LogP contribution in [0.25, 0.3) is 0 Å². The molecule has 4 heteroatoms. The lowest BCUT2D eigenvalue weighted by atomic mass is 10.2. The second-order valence-corrected chi connectivity index (χ2v) is 4.95. The molecule has 3 N–H and O–H groups in total. The number of hydrogen-bond acceptors (Lipinski definition) is 3. The molecule has 0 saturated carbocycles. The Morgan fingerprint density at radius 2 is 2.29 bits per heavy atom. The maximum absolute atomic E-state index is 8.87. The quantitative estimate of drug-likeness (QED) is 0.783. The minimum atomic E-state index is 0.176. The highest BCUT2D eigenvalue weighted by molar-refractivity contribution is 7.99. The summed E-state index contributed by atoms with van der Waals surface area (Å²) < 4.78 is 0. The summed E-state index contributed by atoms with van der Waals surface area (Å²) in [6, 6.07) is 5.50. The molecule has 1 atom stereocenters. The van der Waals surface area contributed by atoms with E-state index in [0.29, 0.717) is 5.02 Å². The van der Waals surface area contributed by atoms with Crippen molar-refractivity contribution in [3.63, 3.8) is 0 Å². The van der Waals surface area contributed by atoms with Crippen molar-refractivity contribution in [2.45, 2.75) is 17.9 Å². The van der Waals surface area contributed by atoms with Crippen molar-refractivity contribution in [2.75, 3.05) is 12.3 Å². The van der Waals surface area contributed by atoms with Crippen molar-refractivity contribution in [3.8, 4) is 0 Å². The van der Waals surface area contributed by atoms with E-state index in [-0.39, 0.29) is 11.9 Å². The SMILES string of the molecule is CC(CO)SCc1c(N)cccc1Cl. The molecule has 0 fully saturated rings. The molecule has 78 valence electrons. The lowest BCUT2D eigenvalue weighted by Crippen LogP contribution is -2.03. The molecule has 1 aromatic rings. The second-order valence-electron chi connectivity index (χ2n) is 3.11. The maximum Gasteiger partial charge on any atom is 0.0547 e. The molecule has 0 aromatic heterocycles. The number of rotatable bonds is 4. The number of hydrogen-bond donors (Lipinski definition) is 2. The molecule has 0 spiro atoms. The lowest BCUT2D eigenvalue weighted by molar-refractivity contribution is 0.300. The first-order chi connectivity index (χ1) is 6.65. The Morgan fingerprint density at radius 1 is 1.57 bits per heavy atom. The molecule has 0 radical (unpaired) electrons. The highest BCUT2D eigenvalue weighted by Gasteiger charge is 2.07. The predicted octanol–water partition coefficient (Wildman–Crippen LogP) is 2.54. The molecule has 1 rings (SSSR count). The van der Waals surface area contributed by atoms with Gasteiger partial charge in [-0.05, 0) is 12.1 Å². The summed E-state index contributed by atoms with van der Waals surface area (Å²) >= 11 is 7.64. The molecule has 0 aliphatic heterocycles. The second kappa shape index (κ2) is 5.49. The molecular weight excluding hydrogens is 218 g/mol. The third-order valence-corrected chi connectivity index (χ3v) is 3.45. The summed E-state index contributed by atoms with van der Waals surface area (Å²) in [7, 11) is 0. The topological polar surface area (TPSA) is 46.2 Å². The summed E-state index contributed by atoms with van der Waals surface area (Å²) in [6.07, 6.45) is 0. The van der Waals surface area contributed by atoms with Gasteiger partial charge >= 0.3 is 0 Å². The zero-order valence-electron chi connectivity index (χ0n) is 8.03. The summed E-state index contributed by atoms with van der Waals surface area (Å²) in [5.74, 6) is 0.743. The summed E-state index contributed by atoms with van der Waals surface area (Å²) in [4.78, 5) is 0. The van der Waals surface area contributed by atoms with E-state index in [0.717, 1.165) is 17.0 Å². The Kier molecular flexibility index (Phi) is 4.58. The van der Waals surface area contributed by atoms with Crippen molar-refractivity contribution in [2.24, 2.45) is 0 Å². The number of anilines is 1. The highest BCUT2D eigenvalue weighted by atomic mass is 35.5. The Hall–Kier alpha value is -0.380. The van der Waals surface area contributed by atoms with E-state index in [1.54, 1.807) is 11.8 Å². The van der Waals surface area contributed by atoms with Crippen LogP contribution in [0.2, 0.25) is 5.02 Å². The van der Waals surface area contributed by atoms with Crippen LogP contribution in [0.4, 0.5) is 5.69 Å². The summed E-state index contributed by atoms with van der Waals surface area (Å²) in [5, 5.41) is 9.78. The van der Waals surface area contributed by atoms with Gasteiger partial charge in [-0.25, -0.2) is 0 Å². The van der Waals surface area contributed by atoms with Gasteiger partial charge in [0, 0.05) is 27.3 Å². The van der Waals surface area contributed by atoms with E-state index >= 15 is 0 Å². The van der Waals surface area contributed by atoms with Crippen molar-refractivity contribution in [1.82, 2.24) is 0 Å². The van der Waals surface area contributed by atoms with Gasteiger partial charge in [0.25, 0.3) is 0 Å². The zero-order chi connectivity index (χ0) is 10.6. The first kappa shape index (κ1) is 11.7. The van der Waals surface area contributed by atoms with Crippen molar-refractivity contribution in [3.05, 3.63) is 28.8 Å². The van der Waals surface area contributed by atoms with Crippen molar-refractivity contribution in [1.29, 1.82) is 0 Å². The Labute approximate surface area is 93.5 Å². The Bertz CT molecular complexity index is 286. The Morgan fingerprint density at radius 3 is 2.86 bits per heavy atom. The van der Waals surface area contributed by atoms with Crippen LogP contribution in [0.1, 0.15) is 12.5 Å². The van der Waals surface area contributed by atoms with E-state index < -0.39 is 0 Å².